The molecule has 4 N–H and O–H groups in total. The van der Waals surface area contributed by atoms with E-state index in [9.17, 15) is 4.39 Å². The van der Waals surface area contributed by atoms with Gasteiger partial charge in [0, 0.05) is 12.2 Å². The summed E-state index contributed by atoms with van der Waals surface area (Å²) >= 11 is 5.96. The lowest BCUT2D eigenvalue weighted by Gasteiger charge is -2.27. The molecule has 0 aromatic heterocycles. The third-order valence-electron chi connectivity index (χ3n) is 3.87. The van der Waals surface area contributed by atoms with Gasteiger partial charge in [-0.25, -0.2) is 4.39 Å². The van der Waals surface area contributed by atoms with Crippen LogP contribution in [0.5, 0.6) is 0 Å². The Morgan fingerprint density at radius 1 is 1.10 bits per heavy atom. The minimum absolute atomic E-state index is 0.0686. The van der Waals surface area contributed by atoms with Gasteiger partial charge in [0.1, 0.15) is 10.7 Å². The van der Waals surface area contributed by atoms with Crippen molar-refractivity contribution in [1.29, 1.82) is 0 Å². The lowest BCUT2D eigenvalue weighted by molar-refractivity contribution is 0.625. The predicted octanol–water partition coefficient (Wildman–Crippen LogP) is 4.12. The van der Waals surface area contributed by atoms with Crippen molar-refractivity contribution >= 4 is 34.4 Å². The van der Waals surface area contributed by atoms with E-state index in [0.29, 0.717) is 17.9 Å². The summed E-state index contributed by atoms with van der Waals surface area (Å²) in [5.41, 5.74) is 14.7. The molecule has 0 radical (unpaired) electrons. The summed E-state index contributed by atoms with van der Waals surface area (Å²) < 4.78 is 14.6. The second-order valence-electron chi connectivity index (χ2n) is 5.27. The van der Waals surface area contributed by atoms with Crippen molar-refractivity contribution in [3.05, 3.63) is 46.7 Å². The Morgan fingerprint density at radius 3 is 2.67 bits per heavy atom. The highest BCUT2D eigenvalue weighted by Gasteiger charge is 2.24. The Bertz CT molecular complexity index is 687. The lowest BCUT2D eigenvalue weighted by Crippen LogP contribution is -2.21. The molecule has 0 bridgehead atoms. The molecule has 0 atom stereocenters. The van der Waals surface area contributed by atoms with E-state index in [-0.39, 0.29) is 10.7 Å². The first-order chi connectivity index (χ1) is 10.1. The molecule has 0 unspecified atom stereocenters. The summed E-state index contributed by atoms with van der Waals surface area (Å²) in [6, 6.07) is 9.53. The summed E-state index contributed by atoms with van der Waals surface area (Å²) in [7, 11) is 0. The van der Waals surface area contributed by atoms with E-state index < -0.39 is 5.82 Å². The molecule has 3 nitrogen and oxygen atoms in total. The first-order valence-corrected chi connectivity index (χ1v) is 7.35. The van der Waals surface area contributed by atoms with Crippen LogP contribution < -0.4 is 16.4 Å². The maximum atomic E-state index is 14.6. The maximum Gasteiger partial charge on any atom is 0.169 e. The molecule has 0 amide bonds. The number of rotatable bonds is 1. The zero-order valence-electron chi connectivity index (χ0n) is 11.6. The number of para-hydroxylation sites is 1. The molecule has 0 spiro atoms. The van der Waals surface area contributed by atoms with Gasteiger partial charge < -0.3 is 16.4 Å². The third kappa shape index (κ3) is 2.40. The Morgan fingerprint density at radius 2 is 1.86 bits per heavy atom. The molecule has 1 aliphatic rings. The molecule has 2 aromatic carbocycles. The van der Waals surface area contributed by atoms with Gasteiger partial charge in [0.25, 0.3) is 0 Å². The fourth-order valence-electron chi connectivity index (χ4n) is 2.85. The highest BCUT2D eigenvalue weighted by molar-refractivity contribution is 6.33. The van der Waals surface area contributed by atoms with E-state index in [4.69, 9.17) is 23.1 Å². The van der Waals surface area contributed by atoms with E-state index in [1.54, 1.807) is 0 Å². The molecule has 1 heterocycles. The fourth-order valence-corrected chi connectivity index (χ4v) is 3.00. The van der Waals surface area contributed by atoms with E-state index in [2.05, 4.69) is 6.07 Å². The molecule has 1 aliphatic heterocycles. The molecular weight excluding hydrogens is 289 g/mol. The molecule has 0 saturated carbocycles. The number of halogens is 2. The molecule has 2 aromatic rings. The van der Waals surface area contributed by atoms with Crippen molar-refractivity contribution in [1.82, 2.24) is 0 Å². The third-order valence-corrected chi connectivity index (χ3v) is 4.25. The summed E-state index contributed by atoms with van der Waals surface area (Å²) in [5, 5.41) is -0.0686. The van der Waals surface area contributed by atoms with Crippen molar-refractivity contribution in [2.24, 2.45) is 0 Å². The minimum atomic E-state index is -0.550. The number of nitrogens with two attached hydrogens (primary N) is 2. The van der Waals surface area contributed by atoms with Gasteiger partial charge in [-0.15, -0.1) is 0 Å². The van der Waals surface area contributed by atoms with Crippen molar-refractivity contribution < 1.29 is 4.39 Å². The summed E-state index contributed by atoms with van der Waals surface area (Å²) in [6.45, 7) is 0.707. The van der Waals surface area contributed by atoms with E-state index in [0.717, 1.165) is 24.9 Å². The fraction of sp³-hybridized carbons (Fsp3) is 0.250. The van der Waals surface area contributed by atoms with Gasteiger partial charge in [0.15, 0.2) is 5.82 Å². The van der Waals surface area contributed by atoms with Crippen LogP contribution in [-0.2, 0) is 6.42 Å². The van der Waals surface area contributed by atoms with Gasteiger partial charge in [-0.1, -0.05) is 29.8 Å². The van der Waals surface area contributed by atoms with Crippen LogP contribution in [0.2, 0.25) is 5.02 Å². The number of nitrogens with zero attached hydrogens (tertiary/aromatic N) is 1. The van der Waals surface area contributed by atoms with E-state index in [1.165, 1.54) is 11.6 Å². The van der Waals surface area contributed by atoms with Gasteiger partial charge in [-0.3, -0.25) is 0 Å². The number of nitrogen functional groups attached to an aromatic ring is 2. The van der Waals surface area contributed by atoms with Crippen LogP contribution >= 0.6 is 11.6 Å². The molecule has 0 aliphatic carbocycles. The van der Waals surface area contributed by atoms with Crippen molar-refractivity contribution in [3.63, 3.8) is 0 Å². The van der Waals surface area contributed by atoms with Gasteiger partial charge in [-0.05, 0) is 37.0 Å². The van der Waals surface area contributed by atoms with E-state index >= 15 is 0 Å². The normalized spacial score (nSPS) is 14.7. The molecule has 5 heteroatoms. The molecule has 0 fully saturated rings. The number of hydrogen-bond acceptors (Lipinski definition) is 3. The van der Waals surface area contributed by atoms with Crippen LogP contribution in [-0.4, -0.2) is 6.54 Å². The number of aryl methyl sites for hydroxylation is 1. The monoisotopic (exact) mass is 305 g/mol. The number of hydrogen-bond donors (Lipinski definition) is 2. The molecule has 21 heavy (non-hydrogen) atoms. The van der Waals surface area contributed by atoms with Crippen molar-refractivity contribution in [2.75, 3.05) is 22.9 Å². The standard InChI is InChI=1S/C16H17ClFN3/c17-14-11(19)9-12(20)16(15(14)18)21-8-4-3-6-10-5-1-2-7-13(10)21/h1-2,5,7,9H,3-4,6,8,19-20H2. The summed E-state index contributed by atoms with van der Waals surface area (Å²) in [4.78, 5) is 1.92. The average Bonchev–Trinajstić information content (AvgIpc) is 2.68. The molecular formula is C16H17ClFN3. The first-order valence-electron chi connectivity index (χ1n) is 6.98. The van der Waals surface area contributed by atoms with Gasteiger partial charge in [0.2, 0.25) is 0 Å². The topological polar surface area (TPSA) is 55.3 Å². The number of fused-ring (bicyclic) bond motifs is 1. The largest absolute Gasteiger partial charge is 0.397 e. The zero-order chi connectivity index (χ0) is 15.0. The quantitative estimate of drug-likeness (QED) is 0.779. The van der Waals surface area contributed by atoms with Crippen LogP contribution in [0.25, 0.3) is 0 Å². The highest BCUT2D eigenvalue weighted by Crippen LogP contribution is 2.41. The number of benzene rings is 2. The van der Waals surface area contributed by atoms with Gasteiger partial charge >= 0.3 is 0 Å². The van der Waals surface area contributed by atoms with Crippen LogP contribution in [0, 0.1) is 5.82 Å². The smallest absolute Gasteiger partial charge is 0.169 e. The Balaban J connectivity index is 2.19. The first kappa shape index (κ1) is 14.0. The van der Waals surface area contributed by atoms with Gasteiger partial charge in [-0.2, -0.15) is 0 Å². The number of anilines is 4. The Kier molecular flexibility index (Phi) is 3.64. The highest BCUT2D eigenvalue weighted by atomic mass is 35.5. The average molecular weight is 306 g/mol. The summed E-state index contributed by atoms with van der Waals surface area (Å²) in [6.07, 6.45) is 3.02. The van der Waals surface area contributed by atoms with Gasteiger partial charge in [0.05, 0.1) is 11.4 Å². The SMILES string of the molecule is Nc1cc(N)c(N2CCCCc3ccccc32)c(F)c1Cl. The van der Waals surface area contributed by atoms with Crippen LogP contribution in [0.3, 0.4) is 0 Å². The van der Waals surface area contributed by atoms with Crippen molar-refractivity contribution in [3.8, 4) is 0 Å². The van der Waals surface area contributed by atoms with Crippen LogP contribution in [0.1, 0.15) is 18.4 Å². The zero-order valence-corrected chi connectivity index (χ0v) is 12.3. The molecule has 3 rings (SSSR count). The van der Waals surface area contributed by atoms with Crippen LogP contribution in [0.15, 0.2) is 30.3 Å². The second kappa shape index (κ2) is 5.45. The Labute approximate surface area is 128 Å². The molecule has 110 valence electrons. The molecule has 0 saturated heterocycles. The predicted molar refractivity (Wildman–Crippen MR) is 86.6 cm³/mol. The maximum absolute atomic E-state index is 14.6. The van der Waals surface area contributed by atoms with Crippen LogP contribution in [0.4, 0.5) is 27.1 Å². The van der Waals surface area contributed by atoms with Crippen molar-refractivity contribution in [2.45, 2.75) is 19.3 Å². The second-order valence-corrected chi connectivity index (χ2v) is 5.65. The van der Waals surface area contributed by atoms with E-state index in [1.807, 2.05) is 23.1 Å². The Hall–Kier alpha value is -1.94. The lowest BCUT2D eigenvalue weighted by atomic mass is 10.1. The summed E-state index contributed by atoms with van der Waals surface area (Å²) in [5.74, 6) is -0.550. The minimum Gasteiger partial charge on any atom is -0.397 e.